The quantitative estimate of drug-likeness (QED) is 0.718. The largest absolute Gasteiger partial charge is 0.329 e. The Morgan fingerprint density at radius 3 is 2.68 bits per heavy atom. The molecule has 5 nitrogen and oxygen atoms in total. The third-order valence-electron chi connectivity index (χ3n) is 5.17. The summed E-state index contributed by atoms with van der Waals surface area (Å²) in [5.41, 5.74) is 2.76. The Morgan fingerprint density at radius 2 is 1.82 bits per heavy atom. The van der Waals surface area contributed by atoms with Gasteiger partial charge in [0.15, 0.2) is 0 Å². The molecule has 2 unspecified atom stereocenters. The molecule has 3 heterocycles. The molecule has 3 aromatic rings. The number of pyridine rings is 1. The van der Waals surface area contributed by atoms with Crippen LogP contribution in [-0.4, -0.2) is 28.2 Å². The van der Waals surface area contributed by atoms with Crippen molar-refractivity contribution in [3.8, 4) is 0 Å². The van der Waals surface area contributed by atoms with Crippen LogP contribution in [0.15, 0.2) is 67.0 Å². The average molecular weight is 387 g/mol. The van der Waals surface area contributed by atoms with Gasteiger partial charge in [-0.05, 0) is 24.1 Å². The first-order chi connectivity index (χ1) is 13.6. The van der Waals surface area contributed by atoms with E-state index in [0.717, 1.165) is 26.8 Å². The van der Waals surface area contributed by atoms with Gasteiger partial charge < -0.3 is 5.32 Å². The summed E-state index contributed by atoms with van der Waals surface area (Å²) in [7, 11) is 0. The van der Waals surface area contributed by atoms with Gasteiger partial charge in [-0.1, -0.05) is 48.5 Å². The Kier molecular flexibility index (Phi) is 3.94. The van der Waals surface area contributed by atoms with Gasteiger partial charge >= 0.3 is 6.03 Å². The van der Waals surface area contributed by atoms with Crippen molar-refractivity contribution in [3.63, 3.8) is 0 Å². The fourth-order valence-corrected chi connectivity index (χ4v) is 5.12. The first-order valence-corrected chi connectivity index (χ1v) is 9.93. The lowest BCUT2D eigenvalue weighted by Crippen LogP contribution is -2.60. The number of hydrogen-bond donors (Lipinski definition) is 1. The summed E-state index contributed by atoms with van der Waals surface area (Å²) < 4.78 is 0. The average Bonchev–Trinajstić information content (AvgIpc) is 3.12. The molecule has 1 saturated heterocycles. The summed E-state index contributed by atoms with van der Waals surface area (Å²) in [6.07, 6.45) is 5.30. The summed E-state index contributed by atoms with van der Waals surface area (Å²) in [5.74, 6) is -0.211. The Balaban J connectivity index is 1.52. The standard InChI is InChI=1S/C22H17N3O2S/c1-13-6-2-4-8-15(13)19-10-17-20(28-19)21(26)25(22(27)24-17)18-12-23-11-14-7-3-5-9-16(14)18/h2-12,17,20H,1H3,(H,24,27). The smallest absolute Gasteiger partial charge is 0.329 e. The molecule has 3 amide bonds. The van der Waals surface area contributed by atoms with Crippen molar-refractivity contribution in [1.82, 2.24) is 10.3 Å². The molecule has 1 aromatic heterocycles. The number of fused-ring (bicyclic) bond motifs is 2. The van der Waals surface area contributed by atoms with Crippen molar-refractivity contribution in [2.75, 3.05) is 4.90 Å². The number of carbonyl (C=O) groups excluding carboxylic acids is 2. The van der Waals surface area contributed by atoms with Gasteiger partial charge in [0, 0.05) is 21.9 Å². The van der Waals surface area contributed by atoms with Crippen LogP contribution in [0.5, 0.6) is 0 Å². The molecule has 1 N–H and O–H groups in total. The molecule has 1 fully saturated rings. The number of carbonyl (C=O) groups is 2. The van der Waals surface area contributed by atoms with Crippen molar-refractivity contribution in [2.24, 2.45) is 0 Å². The van der Waals surface area contributed by atoms with Crippen LogP contribution in [0.3, 0.4) is 0 Å². The second kappa shape index (κ2) is 6.49. The second-order valence-corrected chi connectivity index (χ2v) is 8.10. The summed E-state index contributed by atoms with van der Waals surface area (Å²) in [5, 5.41) is 4.32. The van der Waals surface area contributed by atoms with Gasteiger partial charge in [0.25, 0.3) is 5.91 Å². The molecule has 0 saturated carbocycles. The van der Waals surface area contributed by atoms with Crippen molar-refractivity contribution < 1.29 is 9.59 Å². The van der Waals surface area contributed by atoms with Crippen molar-refractivity contribution in [1.29, 1.82) is 0 Å². The molecule has 0 radical (unpaired) electrons. The Hall–Kier alpha value is -3.12. The highest BCUT2D eigenvalue weighted by molar-refractivity contribution is 8.09. The molecule has 2 aromatic carbocycles. The van der Waals surface area contributed by atoms with Crippen LogP contribution < -0.4 is 10.2 Å². The number of aryl methyl sites for hydroxylation is 1. The van der Waals surface area contributed by atoms with Gasteiger partial charge in [0.1, 0.15) is 5.25 Å². The topological polar surface area (TPSA) is 62.3 Å². The molecule has 0 spiro atoms. The number of imide groups is 1. The molecule has 5 rings (SSSR count). The summed E-state index contributed by atoms with van der Waals surface area (Å²) in [6, 6.07) is 15.0. The van der Waals surface area contributed by atoms with E-state index < -0.39 is 6.03 Å². The predicted molar refractivity (Wildman–Crippen MR) is 112 cm³/mol. The Morgan fingerprint density at radius 1 is 1.04 bits per heavy atom. The van der Waals surface area contributed by atoms with Crippen molar-refractivity contribution in [3.05, 3.63) is 78.1 Å². The number of rotatable bonds is 2. The normalized spacial score (nSPS) is 21.5. The molecule has 2 aliphatic rings. The number of nitrogens with one attached hydrogen (secondary N) is 1. The van der Waals surface area contributed by atoms with Crippen LogP contribution in [0.4, 0.5) is 10.5 Å². The van der Waals surface area contributed by atoms with E-state index in [1.54, 1.807) is 12.4 Å². The molecular formula is C22H17N3O2S. The van der Waals surface area contributed by atoms with Crippen LogP contribution in [0.2, 0.25) is 0 Å². The number of anilines is 1. The van der Waals surface area contributed by atoms with Gasteiger partial charge in [0.05, 0.1) is 17.9 Å². The summed E-state index contributed by atoms with van der Waals surface area (Å²) in [6.45, 7) is 2.05. The van der Waals surface area contributed by atoms with Gasteiger partial charge in [-0.3, -0.25) is 9.78 Å². The van der Waals surface area contributed by atoms with Gasteiger partial charge in [-0.2, -0.15) is 0 Å². The molecule has 6 heteroatoms. The van der Waals surface area contributed by atoms with E-state index in [4.69, 9.17) is 0 Å². The lowest BCUT2D eigenvalue weighted by Gasteiger charge is -2.33. The van der Waals surface area contributed by atoms with Gasteiger partial charge in [0.2, 0.25) is 0 Å². The number of nitrogens with zero attached hydrogens (tertiary/aromatic N) is 2. The zero-order valence-electron chi connectivity index (χ0n) is 15.1. The van der Waals surface area contributed by atoms with E-state index in [1.165, 1.54) is 16.7 Å². The Labute approximate surface area is 166 Å². The number of aromatic nitrogens is 1. The van der Waals surface area contributed by atoms with Crippen molar-refractivity contribution in [2.45, 2.75) is 18.2 Å². The maximum atomic E-state index is 13.3. The minimum atomic E-state index is -0.410. The van der Waals surface area contributed by atoms with Crippen LogP contribution in [0.25, 0.3) is 15.7 Å². The maximum Gasteiger partial charge on any atom is 0.329 e. The second-order valence-electron chi connectivity index (χ2n) is 6.91. The van der Waals surface area contributed by atoms with Crippen molar-refractivity contribution >= 4 is 45.1 Å². The van der Waals surface area contributed by atoms with Gasteiger partial charge in [-0.15, -0.1) is 11.8 Å². The van der Waals surface area contributed by atoms with E-state index >= 15 is 0 Å². The molecule has 138 valence electrons. The summed E-state index contributed by atoms with van der Waals surface area (Å²) in [4.78, 5) is 32.6. The number of thioether (sulfide) groups is 1. The molecule has 28 heavy (non-hydrogen) atoms. The zero-order valence-corrected chi connectivity index (χ0v) is 15.9. The minimum Gasteiger partial charge on any atom is -0.329 e. The first kappa shape index (κ1) is 17.0. The third-order valence-corrected chi connectivity index (χ3v) is 6.53. The third kappa shape index (κ3) is 2.60. The fraction of sp³-hybridized carbons (Fsp3) is 0.136. The molecular weight excluding hydrogens is 370 g/mol. The lowest BCUT2D eigenvalue weighted by atomic mass is 10.0. The van der Waals surface area contributed by atoms with E-state index in [9.17, 15) is 9.59 Å². The highest BCUT2D eigenvalue weighted by Gasteiger charge is 2.45. The highest BCUT2D eigenvalue weighted by Crippen LogP contribution is 2.43. The van der Waals surface area contributed by atoms with Crippen LogP contribution in [-0.2, 0) is 4.79 Å². The van der Waals surface area contributed by atoms with E-state index in [2.05, 4.69) is 10.3 Å². The van der Waals surface area contributed by atoms with Gasteiger partial charge in [-0.25, -0.2) is 9.69 Å². The zero-order chi connectivity index (χ0) is 19.3. The molecule has 0 bridgehead atoms. The lowest BCUT2D eigenvalue weighted by molar-refractivity contribution is -0.118. The van der Waals surface area contributed by atoms with E-state index in [0.29, 0.717) is 5.69 Å². The number of amides is 3. The highest BCUT2D eigenvalue weighted by atomic mass is 32.2. The summed E-state index contributed by atoms with van der Waals surface area (Å²) >= 11 is 1.51. The first-order valence-electron chi connectivity index (χ1n) is 9.05. The van der Waals surface area contributed by atoms with E-state index in [-0.39, 0.29) is 17.2 Å². The molecule has 2 aliphatic heterocycles. The van der Waals surface area contributed by atoms with E-state index in [1.807, 2.05) is 61.5 Å². The monoisotopic (exact) mass is 387 g/mol. The molecule has 0 aliphatic carbocycles. The molecule has 2 atom stereocenters. The number of urea groups is 1. The van der Waals surface area contributed by atoms with Crippen LogP contribution >= 0.6 is 11.8 Å². The minimum absolute atomic E-state index is 0.211. The number of benzene rings is 2. The predicted octanol–water partition coefficient (Wildman–Crippen LogP) is 4.12. The van der Waals surface area contributed by atoms with Crippen LogP contribution in [0, 0.1) is 6.92 Å². The fourth-order valence-electron chi connectivity index (χ4n) is 3.77. The number of hydrogen-bond acceptors (Lipinski definition) is 4. The maximum absolute atomic E-state index is 13.3. The van der Waals surface area contributed by atoms with Crippen LogP contribution in [0.1, 0.15) is 11.1 Å². The Bertz CT molecular complexity index is 1150. The SMILES string of the molecule is Cc1ccccc1C1=CC2NC(=O)N(c3cncc4ccccc34)C(=O)C2S1.